The highest BCUT2D eigenvalue weighted by molar-refractivity contribution is 9.10. The molecule has 6 rings (SSSR count). The van der Waals surface area contributed by atoms with E-state index < -0.39 is 56.6 Å². The van der Waals surface area contributed by atoms with Gasteiger partial charge in [0.15, 0.2) is 26.3 Å². The number of anilines is 2. The van der Waals surface area contributed by atoms with Crippen molar-refractivity contribution in [2.45, 2.75) is 93.9 Å². The average Bonchev–Trinajstić information content (AvgIpc) is 3.70. The van der Waals surface area contributed by atoms with Crippen molar-refractivity contribution >= 4 is 47.4 Å². The molecule has 3 aliphatic rings. The first kappa shape index (κ1) is 36.7. The lowest BCUT2D eigenvalue weighted by Gasteiger charge is -2.37. The molecule has 9 atom stereocenters. The van der Waals surface area contributed by atoms with E-state index in [0.717, 1.165) is 4.47 Å². The molecule has 3 aromatic rings. The lowest BCUT2D eigenvalue weighted by Crippen LogP contribution is -2.60. The summed E-state index contributed by atoms with van der Waals surface area (Å²) >= 11 is 3.57. The zero-order chi connectivity index (χ0) is 36.1. The maximum absolute atomic E-state index is 14.8. The number of carbonyl (C=O) groups excluding carboxylic acids is 2. The van der Waals surface area contributed by atoms with E-state index in [1.54, 1.807) is 40.0 Å². The topological polar surface area (TPSA) is 220 Å². The number of benzene rings is 2. The van der Waals surface area contributed by atoms with E-state index >= 15 is 0 Å². The third-order valence-electron chi connectivity index (χ3n) is 9.92. The number of aromatic nitrogens is 3. The van der Waals surface area contributed by atoms with E-state index in [1.807, 2.05) is 38.2 Å². The zero-order valence-electron chi connectivity index (χ0n) is 27.8. The second-order valence-corrected chi connectivity index (χ2v) is 18.6. The Hall–Kier alpha value is -3.10. The minimum atomic E-state index is -2.90. The predicted molar refractivity (Wildman–Crippen MR) is 184 cm³/mol. The molecule has 0 radical (unpaired) electrons. The summed E-state index contributed by atoms with van der Waals surface area (Å²) < 4.78 is 14.4. The van der Waals surface area contributed by atoms with Crippen LogP contribution in [0.5, 0.6) is 0 Å². The maximum atomic E-state index is 14.8. The van der Waals surface area contributed by atoms with Gasteiger partial charge in [0.1, 0.15) is 18.3 Å². The van der Waals surface area contributed by atoms with E-state index in [2.05, 4.69) is 31.6 Å². The number of nitrogens with one attached hydrogen (secondary N) is 1. The van der Waals surface area contributed by atoms with Crippen molar-refractivity contribution in [3.63, 3.8) is 0 Å². The van der Waals surface area contributed by atoms with Crippen molar-refractivity contribution in [1.82, 2.24) is 15.0 Å². The van der Waals surface area contributed by atoms with Gasteiger partial charge >= 0.3 is 0 Å². The Kier molecular flexibility index (Phi) is 10.4. The van der Waals surface area contributed by atoms with Crippen LogP contribution < -0.4 is 10.2 Å². The van der Waals surface area contributed by atoms with Crippen molar-refractivity contribution in [3.05, 3.63) is 70.0 Å². The number of hydrogen-bond donors (Lipinski definition) is 7. The molecule has 0 unspecified atom stereocenters. The number of aliphatic hydroxyl groups is 5. The van der Waals surface area contributed by atoms with Gasteiger partial charge in [-0.15, -0.1) is 5.10 Å². The SMILES string of the molecule is C[C@H]1[C@H]([Si](C)(C)O)[C@@H](CCn2cc(CCO)nn2)O[C@]12C(=O)N(Cc1cccc(NC(=O)[C@H]3O[C@@H](O)[C@H](O)[C@@H](O)[C@@H]3O)c1)c1ccc(Br)cc12. The number of hydrogen-bond acceptors (Lipinski definition) is 12. The Labute approximate surface area is 297 Å². The molecule has 0 bridgehead atoms. The number of fused-ring (bicyclic) bond motifs is 2. The number of nitrogens with zero attached hydrogens (tertiary/aromatic N) is 4. The molecule has 2 fully saturated rings. The average molecular weight is 777 g/mol. The maximum Gasteiger partial charge on any atom is 0.264 e. The van der Waals surface area contributed by atoms with Crippen molar-refractivity contribution < 1.29 is 49.4 Å². The van der Waals surface area contributed by atoms with Crippen LogP contribution in [0.1, 0.15) is 30.2 Å². The molecule has 270 valence electrons. The first-order valence-corrected chi connectivity index (χ1v) is 20.3. The Balaban J connectivity index is 1.26. The van der Waals surface area contributed by atoms with Gasteiger partial charge in [-0.3, -0.25) is 14.3 Å². The van der Waals surface area contributed by atoms with Crippen molar-refractivity contribution in [2.24, 2.45) is 5.92 Å². The van der Waals surface area contributed by atoms with Crippen LogP contribution in [-0.2, 0) is 44.2 Å². The Bertz CT molecular complexity index is 1740. The number of ether oxygens (including phenoxy) is 2. The Morgan fingerprint density at radius 2 is 1.86 bits per heavy atom. The Morgan fingerprint density at radius 3 is 2.58 bits per heavy atom. The molecule has 17 heteroatoms. The summed E-state index contributed by atoms with van der Waals surface area (Å²) in [5.74, 6) is -1.51. The molecule has 2 aromatic carbocycles. The monoisotopic (exact) mass is 775 g/mol. The molecule has 50 heavy (non-hydrogen) atoms. The number of rotatable bonds is 10. The summed E-state index contributed by atoms with van der Waals surface area (Å²) in [6.45, 7) is 6.20. The molecule has 7 N–H and O–H groups in total. The van der Waals surface area contributed by atoms with Crippen LogP contribution in [0.25, 0.3) is 0 Å². The van der Waals surface area contributed by atoms with E-state index in [1.165, 1.54) is 0 Å². The molecule has 1 spiro atoms. The normalized spacial score (nSPS) is 31.0. The van der Waals surface area contributed by atoms with Crippen LogP contribution in [0.2, 0.25) is 18.6 Å². The third-order valence-corrected chi connectivity index (χ3v) is 12.9. The van der Waals surface area contributed by atoms with Gasteiger partial charge in [-0.25, -0.2) is 0 Å². The van der Waals surface area contributed by atoms with E-state index in [4.69, 9.17) is 9.47 Å². The molecule has 4 heterocycles. The fourth-order valence-electron chi connectivity index (χ4n) is 7.63. The standard InChI is InChI=1S/C33H42BrN5O10Si/c1-17-29(50(2,3)47)24(9-11-38-16-21(10-12-40)36-37-38)49-33(17)22-14-19(34)7-8-23(22)39(32(33)46)15-18-5-4-6-20(13-18)35-30(44)28-26(42)25(41)27(43)31(45)48-28/h4-8,13-14,16-17,24-29,31,40-43,45,47H,9-12,15H2,1-3H3,(H,35,44)/t17-,24+,25-,26-,27+,28-,29-,31+,33+/m0/s1. The molecule has 15 nitrogen and oxygen atoms in total. The summed E-state index contributed by atoms with van der Waals surface area (Å²) in [6.07, 6.45) is -6.69. The van der Waals surface area contributed by atoms with Crippen molar-refractivity contribution in [3.8, 4) is 0 Å². The summed E-state index contributed by atoms with van der Waals surface area (Å²) in [4.78, 5) is 41.0. The van der Waals surface area contributed by atoms with Crippen molar-refractivity contribution in [1.29, 1.82) is 0 Å². The van der Waals surface area contributed by atoms with E-state index in [-0.39, 0.29) is 30.5 Å². The second-order valence-electron chi connectivity index (χ2n) is 13.8. The lowest BCUT2D eigenvalue weighted by molar-refractivity contribution is -0.274. The first-order valence-electron chi connectivity index (χ1n) is 16.4. The summed E-state index contributed by atoms with van der Waals surface area (Å²) in [5.41, 5.74) is 1.30. The number of carbonyl (C=O) groups is 2. The molecule has 0 saturated carbocycles. The van der Waals surface area contributed by atoms with Crippen LogP contribution in [-0.4, -0.2) is 109 Å². The molecule has 1 aromatic heterocycles. The zero-order valence-corrected chi connectivity index (χ0v) is 30.3. The van der Waals surface area contributed by atoms with Crippen LogP contribution in [0.3, 0.4) is 0 Å². The van der Waals surface area contributed by atoms with Crippen LogP contribution in [0, 0.1) is 5.92 Å². The molecule has 2 amide bonds. The van der Waals surface area contributed by atoms with Gasteiger partial charge in [-0.05, 0) is 55.4 Å². The molecule has 3 aliphatic heterocycles. The fourth-order valence-corrected chi connectivity index (χ4v) is 10.6. The number of aryl methyl sites for hydroxylation is 1. The first-order chi connectivity index (χ1) is 23.6. The fraction of sp³-hybridized carbons (Fsp3) is 0.515. The van der Waals surface area contributed by atoms with Gasteiger partial charge in [-0.1, -0.05) is 40.2 Å². The van der Waals surface area contributed by atoms with E-state index in [0.29, 0.717) is 47.6 Å². The molecular formula is C33H42BrN5O10Si. The largest absolute Gasteiger partial charge is 0.432 e. The van der Waals surface area contributed by atoms with Crippen molar-refractivity contribution in [2.75, 3.05) is 16.8 Å². The van der Waals surface area contributed by atoms with Gasteiger partial charge in [0, 0.05) is 53.0 Å². The number of halogens is 1. The highest BCUT2D eigenvalue weighted by Crippen LogP contribution is 2.60. The molecule has 0 aliphatic carbocycles. The van der Waals surface area contributed by atoms with E-state index in [9.17, 15) is 39.9 Å². The number of amides is 2. The minimum Gasteiger partial charge on any atom is -0.432 e. The van der Waals surface area contributed by atoms with Gasteiger partial charge in [0.05, 0.1) is 24.0 Å². The Morgan fingerprint density at radius 1 is 1.10 bits per heavy atom. The van der Waals surface area contributed by atoms with Crippen LogP contribution in [0.4, 0.5) is 11.4 Å². The van der Waals surface area contributed by atoms with Gasteiger partial charge in [0.25, 0.3) is 11.8 Å². The smallest absolute Gasteiger partial charge is 0.264 e. The highest BCUT2D eigenvalue weighted by Gasteiger charge is 2.66. The predicted octanol–water partition coefficient (Wildman–Crippen LogP) is 0.749. The second kappa shape index (κ2) is 14.1. The minimum absolute atomic E-state index is 0.0370. The quantitative estimate of drug-likeness (QED) is 0.142. The van der Waals surface area contributed by atoms with Gasteiger partial charge < -0.3 is 50.0 Å². The molecular weight excluding hydrogens is 734 g/mol. The number of aliphatic hydroxyl groups excluding tert-OH is 5. The summed E-state index contributed by atoms with van der Waals surface area (Å²) in [7, 11) is -2.90. The van der Waals surface area contributed by atoms with Gasteiger partial charge in [-0.2, -0.15) is 0 Å². The third kappa shape index (κ3) is 6.67. The van der Waals surface area contributed by atoms with Gasteiger partial charge in [0.2, 0.25) is 0 Å². The molecule has 2 saturated heterocycles. The van der Waals surface area contributed by atoms with Crippen LogP contribution >= 0.6 is 15.9 Å². The highest BCUT2D eigenvalue weighted by atomic mass is 79.9. The summed E-state index contributed by atoms with van der Waals surface area (Å²) in [6, 6.07) is 12.3. The lowest BCUT2D eigenvalue weighted by atomic mass is 9.82. The van der Waals surface area contributed by atoms with Crippen LogP contribution in [0.15, 0.2) is 53.1 Å². The summed E-state index contributed by atoms with van der Waals surface area (Å²) in [5, 5.41) is 60.1.